The van der Waals surface area contributed by atoms with Crippen LogP contribution in [-0.2, 0) is 5.54 Å². The molecule has 0 unspecified atom stereocenters. The molecule has 4 nitrogen and oxygen atoms in total. The van der Waals surface area contributed by atoms with E-state index in [0.29, 0.717) is 5.89 Å². The standard InChI is InChI=1S/C5H8ClN3O/c1-5(2,7)3-8-9-4(6)10-3/h7H2,1-2H3. The van der Waals surface area contributed by atoms with E-state index in [1.54, 1.807) is 13.8 Å². The van der Waals surface area contributed by atoms with Crippen LogP contribution in [0.3, 0.4) is 0 Å². The quantitative estimate of drug-likeness (QED) is 0.665. The summed E-state index contributed by atoms with van der Waals surface area (Å²) in [6, 6.07) is 0. The number of halogens is 1. The van der Waals surface area contributed by atoms with Gasteiger partial charge in [-0.3, -0.25) is 0 Å². The van der Waals surface area contributed by atoms with Crippen molar-refractivity contribution < 1.29 is 4.42 Å². The van der Waals surface area contributed by atoms with Crippen LogP contribution in [0.15, 0.2) is 4.42 Å². The molecule has 0 bridgehead atoms. The van der Waals surface area contributed by atoms with Gasteiger partial charge in [0.2, 0.25) is 5.89 Å². The summed E-state index contributed by atoms with van der Waals surface area (Å²) in [7, 11) is 0. The van der Waals surface area contributed by atoms with Gasteiger partial charge in [0.25, 0.3) is 0 Å². The Morgan fingerprint density at radius 2 is 2.10 bits per heavy atom. The fourth-order valence-corrected chi connectivity index (χ4v) is 0.577. The molecule has 1 aromatic rings. The molecule has 0 fully saturated rings. The van der Waals surface area contributed by atoms with Crippen LogP contribution in [0.25, 0.3) is 0 Å². The van der Waals surface area contributed by atoms with Crippen molar-refractivity contribution in [3.05, 3.63) is 11.2 Å². The molecule has 0 aliphatic carbocycles. The predicted molar refractivity (Wildman–Crippen MR) is 36.5 cm³/mol. The van der Waals surface area contributed by atoms with Crippen molar-refractivity contribution in [2.24, 2.45) is 5.73 Å². The van der Waals surface area contributed by atoms with Crippen molar-refractivity contribution in [2.45, 2.75) is 19.4 Å². The van der Waals surface area contributed by atoms with Gasteiger partial charge in [-0.05, 0) is 25.4 Å². The van der Waals surface area contributed by atoms with E-state index >= 15 is 0 Å². The second-order valence-electron chi connectivity index (χ2n) is 2.58. The van der Waals surface area contributed by atoms with Gasteiger partial charge in [0.15, 0.2) is 0 Å². The summed E-state index contributed by atoms with van der Waals surface area (Å²) >= 11 is 5.37. The van der Waals surface area contributed by atoms with Crippen LogP contribution in [0, 0.1) is 0 Å². The summed E-state index contributed by atoms with van der Waals surface area (Å²) < 4.78 is 4.87. The third-order valence-corrected chi connectivity index (χ3v) is 1.10. The van der Waals surface area contributed by atoms with Gasteiger partial charge in [-0.1, -0.05) is 5.10 Å². The first-order valence-corrected chi connectivity index (χ1v) is 3.16. The highest BCUT2D eigenvalue weighted by atomic mass is 35.5. The summed E-state index contributed by atoms with van der Waals surface area (Å²) in [6.07, 6.45) is 0. The van der Waals surface area contributed by atoms with Crippen LogP contribution in [0.2, 0.25) is 5.35 Å². The van der Waals surface area contributed by atoms with Crippen LogP contribution in [0.4, 0.5) is 0 Å². The predicted octanol–water partition coefficient (Wildman–Crippen LogP) is 0.917. The van der Waals surface area contributed by atoms with Gasteiger partial charge in [-0.2, -0.15) is 0 Å². The minimum Gasteiger partial charge on any atom is -0.410 e. The number of nitrogens with two attached hydrogens (primary N) is 1. The topological polar surface area (TPSA) is 64.9 Å². The molecule has 0 radical (unpaired) electrons. The fraction of sp³-hybridized carbons (Fsp3) is 0.600. The molecule has 5 heteroatoms. The van der Waals surface area contributed by atoms with Crippen molar-refractivity contribution in [1.29, 1.82) is 0 Å². The molecule has 0 aliphatic rings. The first-order chi connectivity index (χ1) is 4.50. The zero-order valence-electron chi connectivity index (χ0n) is 5.76. The highest BCUT2D eigenvalue weighted by molar-refractivity contribution is 6.27. The number of nitrogens with zero attached hydrogens (tertiary/aromatic N) is 2. The van der Waals surface area contributed by atoms with Crippen LogP contribution in [0.1, 0.15) is 19.7 Å². The molecule has 0 saturated carbocycles. The largest absolute Gasteiger partial charge is 0.410 e. The zero-order valence-corrected chi connectivity index (χ0v) is 6.51. The molecule has 0 atom stereocenters. The van der Waals surface area contributed by atoms with Gasteiger partial charge < -0.3 is 10.2 Å². The highest BCUT2D eigenvalue weighted by Gasteiger charge is 2.21. The van der Waals surface area contributed by atoms with Crippen LogP contribution in [-0.4, -0.2) is 10.2 Å². The van der Waals surface area contributed by atoms with Crippen LogP contribution in [0.5, 0.6) is 0 Å². The Morgan fingerprint density at radius 1 is 1.50 bits per heavy atom. The van der Waals surface area contributed by atoms with Crippen molar-refractivity contribution in [3.63, 3.8) is 0 Å². The van der Waals surface area contributed by atoms with E-state index in [0.717, 1.165) is 0 Å². The second kappa shape index (κ2) is 2.21. The molecule has 2 N–H and O–H groups in total. The molecule has 56 valence electrons. The molecular formula is C5H8ClN3O. The number of hydrogen-bond acceptors (Lipinski definition) is 4. The third-order valence-electron chi connectivity index (χ3n) is 0.952. The molecular weight excluding hydrogens is 154 g/mol. The summed E-state index contributed by atoms with van der Waals surface area (Å²) in [4.78, 5) is 0. The maximum Gasteiger partial charge on any atom is 0.312 e. The molecule has 0 spiro atoms. The Bertz CT molecular complexity index is 227. The van der Waals surface area contributed by atoms with Crippen molar-refractivity contribution in [3.8, 4) is 0 Å². The molecule has 0 aromatic carbocycles. The Balaban J connectivity index is 2.96. The van der Waals surface area contributed by atoms with E-state index in [1.807, 2.05) is 0 Å². The zero-order chi connectivity index (χ0) is 7.78. The lowest BCUT2D eigenvalue weighted by Crippen LogP contribution is -2.28. The first kappa shape index (κ1) is 7.50. The molecule has 1 rings (SSSR count). The maximum absolute atomic E-state index is 5.62. The lowest BCUT2D eigenvalue weighted by molar-refractivity contribution is 0.379. The Kier molecular flexibility index (Phi) is 1.66. The fourth-order valence-electron chi connectivity index (χ4n) is 0.466. The lowest BCUT2D eigenvalue weighted by atomic mass is 10.1. The number of aromatic nitrogens is 2. The van der Waals surface area contributed by atoms with Crippen LogP contribution < -0.4 is 5.73 Å². The van der Waals surface area contributed by atoms with E-state index in [1.165, 1.54) is 0 Å². The highest BCUT2D eigenvalue weighted by Crippen LogP contribution is 2.16. The average molecular weight is 162 g/mol. The summed E-state index contributed by atoms with van der Waals surface area (Å²) in [6.45, 7) is 3.52. The van der Waals surface area contributed by atoms with Crippen molar-refractivity contribution >= 4 is 11.6 Å². The maximum atomic E-state index is 5.62. The monoisotopic (exact) mass is 161 g/mol. The van der Waals surface area contributed by atoms with Crippen molar-refractivity contribution in [1.82, 2.24) is 10.2 Å². The Morgan fingerprint density at radius 3 is 2.30 bits per heavy atom. The molecule has 0 saturated heterocycles. The minimum absolute atomic E-state index is 0.0218. The molecule has 10 heavy (non-hydrogen) atoms. The normalized spacial score (nSPS) is 12.0. The van der Waals surface area contributed by atoms with Gasteiger partial charge in [0.1, 0.15) is 0 Å². The SMILES string of the molecule is CC(C)(N)c1nnc(Cl)o1. The third kappa shape index (κ3) is 1.46. The van der Waals surface area contributed by atoms with Crippen molar-refractivity contribution in [2.75, 3.05) is 0 Å². The summed E-state index contributed by atoms with van der Waals surface area (Å²) in [5.74, 6) is 0.345. The molecule has 1 aromatic heterocycles. The first-order valence-electron chi connectivity index (χ1n) is 2.78. The van der Waals surface area contributed by atoms with E-state index < -0.39 is 5.54 Å². The van der Waals surface area contributed by atoms with Crippen LogP contribution >= 0.6 is 11.6 Å². The Labute approximate surface area is 63.4 Å². The summed E-state index contributed by atoms with van der Waals surface area (Å²) in [5, 5.41) is 7.09. The molecule has 0 amide bonds. The second-order valence-corrected chi connectivity index (χ2v) is 2.91. The van der Waals surface area contributed by atoms with E-state index in [4.69, 9.17) is 21.8 Å². The minimum atomic E-state index is -0.611. The number of rotatable bonds is 1. The Hall–Kier alpha value is -0.610. The van der Waals surface area contributed by atoms with E-state index in [-0.39, 0.29) is 5.35 Å². The van der Waals surface area contributed by atoms with Gasteiger partial charge in [-0.15, -0.1) is 5.10 Å². The molecule has 0 aliphatic heterocycles. The lowest BCUT2D eigenvalue weighted by Gasteiger charge is -2.10. The molecule has 1 heterocycles. The van der Waals surface area contributed by atoms with Gasteiger partial charge in [-0.25, -0.2) is 0 Å². The smallest absolute Gasteiger partial charge is 0.312 e. The van der Waals surface area contributed by atoms with Gasteiger partial charge >= 0.3 is 5.35 Å². The van der Waals surface area contributed by atoms with E-state index in [9.17, 15) is 0 Å². The number of hydrogen-bond donors (Lipinski definition) is 1. The average Bonchev–Trinajstić information content (AvgIpc) is 2.11. The summed E-state index contributed by atoms with van der Waals surface area (Å²) in [5.41, 5.74) is 5.00. The van der Waals surface area contributed by atoms with E-state index in [2.05, 4.69) is 10.2 Å². The van der Waals surface area contributed by atoms with Gasteiger partial charge in [0, 0.05) is 0 Å². The van der Waals surface area contributed by atoms with Gasteiger partial charge in [0.05, 0.1) is 5.54 Å².